The Labute approximate surface area is 177 Å². The van der Waals surface area contributed by atoms with Gasteiger partial charge in [-0.1, -0.05) is 44.0 Å². The van der Waals surface area contributed by atoms with Gasteiger partial charge in [0.1, 0.15) is 29.3 Å². The molecule has 1 saturated carbocycles. The van der Waals surface area contributed by atoms with Gasteiger partial charge >= 0.3 is 11.9 Å². The first-order valence-electron chi connectivity index (χ1n) is 8.73. The van der Waals surface area contributed by atoms with Crippen molar-refractivity contribution in [2.24, 2.45) is 5.92 Å². The quantitative estimate of drug-likeness (QED) is 0.618. The van der Waals surface area contributed by atoms with Crippen LogP contribution in [-0.4, -0.2) is 34.4 Å². The second-order valence-corrected chi connectivity index (χ2v) is 8.75. The van der Waals surface area contributed by atoms with Crippen LogP contribution in [0.5, 0.6) is 11.5 Å². The maximum Gasteiger partial charge on any atom is 0.339 e. The number of carboxylic acid groups (broad SMARTS) is 2. The predicted octanol–water partition coefficient (Wildman–Crippen LogP) is 4.70. The van der Waals surface area contributed by atoms with E-state index in [0.717, 1.165) is 8.95 Å². The predicted molar refractivity (Wildman–Crippen MR) is 107 cm³/mol. The molecule has 6 nitrogen and oxygen atoms in total. The van der Waals surface area contributed by atoms with E-state index in [4.69, 9.17) is 9.47 Å². The highest BCUT2D eigenvalue weighted by Gasteiger charge is 2.51. The van der Waals surface area contributed by atoms with Crippen molar-refractivity contribution in [1.29, 1.82) is 0 Å². The number of halogens is 2. The number of carbonyl (C=O) groups is 2. The van der Waals surface area contributed by atoms with Crippen LogP contribution in [0.1, 0.15) is 34.7 Å². The molecule has 2 aliphatic rings. The molecule has 2 aromatic carbocycles. The van der Waals surface area contributed by atoms with E-state index >= 15 is 0 Å². The molecular formula is C20H16Br2O6. The Morgan fingerprint density at radius 3 is 2.43 bits per heavy atom. The van der Waals surface area contributed by atoms with E-state index in [1.54, 1.807) is 12.1 Å². The number of ether oxygens (including phenoxy) is 2. The Hall–Kier alpha value is -2.06. The number of carboxylic acids is 2. The van der Waals surface area contributed by atoms with Crippen molar-refractivity contribution in [1.82, 2.24) is 0 Å². The molecule has 1 aliphatic heterocycles. The zero-order valence-corrected chi connectivity index (χ0v) is 17.6. The molecule has 8 heteroatoms. The van der Waals surface area contributed by atoms with Crippen molar-refractivity contribution >= 4 is 43.8 Å². The minimum absolute atomic E-state index is 0.0417. The van der Waals surface area contributed by atoms with Gasteiger partial charge in [-0.05, 0) is 37.1 Å². The average Bonchev–Trinajstić information content (AvgIpc) is 3.00. The topological polar surface area (TPSA) is 93.1 Å². The third-order valence-electron chi connectivity index (χ3n) is 5.24. The summed E-state index contributed by atoms with van der Waals surface area (Å²) in [5.74, 6) is -2.22. The van der Waals surface area contributed by atoms with Crippen molar-refractivity contribution < 1.29 is 29.3 Å². The zero-order valence-electron chi connectivity index (χ0n) is 14.5. The molecule has 1 fully saturated rings. The Balaban J connectivity index is 1.74. The van der Waals surface area contributed by atoms with E-state index in [1.165, 1.54) is 6.07 Å². The summed E-state index contributed by atoms with van der Waals surface area (Å²) in [6.07, 6.45) is -0.0656. The largest absolute Gasteiger partial charge is 0.490 e. The van der Waals surface area contributed by atoms with Crippen molar-refractivity contribution in [3.8, 4) is 11.5 Å². The SMILES string of the molecule is O=C(O)c1cccc2c1OC1C(C(=O)O)CC[C@H](Oc3cc(Br)cc(Br)c3)C21. The summed E-state index contributed by atoms with van der Waals surface area (Å²) in [6.45, 7) is 0. The van der Waals surface area contributed by atoms with Gasteiger partial charge in [0.15, 0.2) is 0 Å². The van der Waals surface area contributed by atoms with Gasteiger partial charge in [0.25, 0.3) is 0 Å². The van der Waals surface area contributed by atoms with Crippen molar-refractivity contribution in [2.45, 2.75) is 31.0 Å². The molecule has 4 atom stereocenters. The summed E-state index contributed by atoms with van der Waals surface area (Å²) >= 11 is 6.87. The summed E-state index contributed by atoms with van der Waals surface area (Å²) in [7, 11) is 0. The van der Waals surface area contributed by atoms with Crippen LogP contribution in [0.2, 0.25) is 0 Å². The smallest absolute Gasteiger partial charge is 0.339 e. The van der Waals surface area contributed by atoms with Crippen LogP contribution in [0.4, 0.5) is 0 Å². The van der Waals surface area contributed by atoms with Gasteiger partial charge in [-0.2, -0.15) is 0 Å². The van der Waals surface area contributed by atoms with Crippen molar-refractivity contribution in [2.75, 3.05) is 0 Å². The van der Waals surface area contributed by atoms with Crippen LogP contribution >= 0.6 is 31.9 Å². The van der Waals surface area contributed by atoms with Gasteiger partial charge in [-0.3, -0.25) is 4.79 Å². The molecule has 4 rings (SSSR count). The average molecular weight is 512 g/mol. The first kappa shape index (κ1) is 19.3. The van der Waals surface area contributed by atoms with E-state index in [2.05, 4.69) is 31.9 Å². The highest BCUT2D eigenvalue weighted by Crippen LogP contribution is 2.50. The third-order valence-corrected chi connectivity index (χ3v) is 6.16. The first-order chi connectivity index (χ1) is 13.3. The summed E-state index contributed by atoms with van der Waals surface area (Å²) in [4.78, 5) is 23.4. The first-order valence-corrected chi connectivity index (χ1v) is 10.3. The summed E-state index contributed by atoms with van der Waals surface area (Å²) in [6, 6.07) is 10.5. The van der Waals surface area contributed by atoms with E-state index in [9.17, 15) is 19.8 Å². The minimum Gasteiger partial charge on any atom is -0.490 e. The Bertz CT molecular complexity index is 939. The second kappa shape index (κ2) is 7.40. The molecule has 0 saturated heterocycles. The van der Waals surface area contributed by atoms with Gasteiger partial charge < -0.3 is 19.7 Å². The van der Waals surface area contributed by atoms with Crippen molar-refractivity contribution in [3.05, 3.63) is 56.5 Å². The van der Waals surface area contributed by atoms with Crippen LogP contribution in [0.25, 0.3) is 0 Å². The lowest BCUT2D eigenvalue weighted by Crippen LogP contribution is -2.45. The van der Waals surface area contributed by atoms with Gasteiger partial charge in [0.2, 0.25) is 0 Å². The molecule has 1 heterocycles. The molecule has 0 aromatic heterocycles. The highest BCUT2D eigenvalue weighted by molar-refractivity contribution is 9.11. The fourth-order valence-electron chi connectivity index (χ4n) is 4.10. The van der Waals surface area contributed by atoms with Crippen LogP contribution in [-0.2, 0) is 4.79 Å². The molecule has 2 aromatic rings. The van der Waals surface area contributed by atoms with Gasteiger partial charge in [0, 0.05) is 14.5 Å². The van der Waals surface area contributed by atoms with E-state index in [0.29, 0.717) is 24.2 Å². The van der Waals surface area contributed by atoms with Crippen molar-refractivity contribution in [3.63, 3.8) is 0 Å². The summed E-state index contributed by atoms with van der Waals surface area (Å²) in [5, 5.41) is 19.1. The molecule has 0 bridgehead atoms. The number of rotatable bonds is 4. The Morgan fingerprint density at radius 1 is 1.07 bits per heavy atom. The summed E-state index contributed by atoms with van der Waals surface area (Å²) < 4.78 is 13.9. The van der Waals surface area contributed by atoms with Crippen LogP contribution in [0, 0.1) is 5.92 Å². The molecule has 0 amide bonds. The fraction of sp³-hybridized carbons (Fsp3) is 0.300. The molecule has 1 aliphatic carbocycles. The number of hydrogen-bond donors (Lipinski definition) is 2. The maximum atomic E-state index is 11.8. The van der Waals surface area contributed by atoms with Crippen LogP contribution < -0.4 is 9.47 Å². The highest BCUT2D eigenvalue weighted by atomic mass is 79.9. The van der Waals surface area contributed by atoms with Crippen LogP contribution in [0.15, 0.2) is 45.3 Å². The molecule has 28 heavy (non-hydrogen) atoms. The number of hydrogen-bond acceptors (Lipinski definition) is 4. The van der Waals surface area contributed by atoms with Crippen LogP contribution in [0.3, 0.4) is 0 Å². The van der Waals surface area contributed by atoms with Gasteiger partial charge in [-0.25, -0.2) is 4.79 Å². The zero-order chi connectivity index (χ0) is 20.0. The fourth-order valence-corrected chi connectivity index (χ4v) is 5.35. The van der Waals surface area contributed by atoms with E-state index < -0.39 is 24.0 Å². The molecule has 0 radical (unpaired) electrons. The maximum absolute atomic E-state index is 11.8. The Morgan fingerprint density at radius 2 is 1.79 bits per heavy atom. The number of para-hydroxylation sites is 1. The third kappa shape index (κ3) is 3.39. The molecule has 3 unspecified atom stereocenters. The molecule has 2 N–H and O–H groups in total. The summed E-state index contributed by atoms with van der Waals surface area (Å²) in [5.41, 5.74) is 0.731. The molecule has 146 valence electrons. The van der Waals surface area contributed by atoms with Gasteiger partial charge in [-0.15, -0.1) is 0 Å². The monoisotopic (exact) mass is 510 g/mol. The second-order valence-electron chi connectivity index (χ2n) is 6.92. The normalized spacial score (nSPS) is 25.4. The lowest BCUT2D eigenvalue weighted by molar-refractivity contribution is -0.147. The molecular weight excluding hydrogens is 496 g/mol. The van der Waals surface area contributed by atoms with E-state index in [-0.39, 0.29) is 23.3 Å². The minimum atomic E-state index is -1.10. The number of fused-ring (bicyclic) bond motifs is 3. The molecule has 0 spiro atoms. The number of aliphatic carboxylic acids is 1. The number of aromatic carboxylic acids is 1. The van der Waals surface area contributed by atoms with Gasteiger partial charge in [0.05, 0.1) is 11.8 Å². The van der Waals surface area contributed by atoms with E-state index in [1.807, 2.05) is 18.2 Å². The lowest BCUT2D eigenvalue weighted by atomic mass is 9.74. The standard InChI is InChI=1S/C20H16Br2O6/c21-9-6-10(22)8-11(7-9)27-15-5-4-14(20(25)26)18-16(15)12-2-1-3-13(19(23)24)17(12)28-18/h1-3,6-8,14-16,18H,4-5H2,(H,23,24)(H,25,26)/t14?,15-,16?,18?/m0/s1. The Kier molecular flexibility index (Phi) is 5.09. The lowest BCUT2D eigenvalue weighted by Gasteiger charge is -2.36. The number of benzene rings is 2.